The van der Waals surface area contributed by atoms with Gasteiger partial charge in [0.15, 0.2) is 0 Å². The van der Waals surface area contributed by atoms with Gasteiger partial charge < -0.3 is 0 Å². The number of carbonyl (C=O) groups is 1. The maximum atomic E-state index is 12.6. The van der Waals surface area contributed by atoms with Gasteiger partial charge in [-0.15, -0.1) is 0 Å². The van der Waals surface area contributed by atoms with Crippen LogP contribution in [0.4, 0.5) is 0 Å². The summed E-state index contributed by atoms with van der Waals surface area (Å²) in [4.78, 5) is 12.6. The van der Waals surface area contributed by atoms with Gasteiger partial charge in [0.05, 0.1) is 11.9 Å². The monoisotopic (exact) mass is 366 g/mol. The molecule has 0 fully saturated rings. The molecule has 0 atom stereocenters. The number of aromatic amines is 1. The predicted molar refractivity (Wildman–Crippen MR) is 110 cm³/mol. The Morgan fingerprint density at radius 2 is 1.82 bits per heavy atom. The van der Waals surface area contributed by atoms with Gasteiger partial charge >= 0.3 is 0 Å². The van der Waals surface area contributed by atoms with Crippen LogP contribution in [0, 0.1) is 0 Å². The van der Waals surface area contributed by atoms with Crippen LogP contribution in [0.3, 0.4) is 0 Å². The second kappa shape index (κ2) is 6.78. The number of hydrogen-bond donors (Lipinski definition) is 2. The first-order valence-electron chi connectivity index (χ1n) is 9.28. The Bertz CT molecular complexity index is 1220. The third-order valence-corrected chi connectivity index (χ3v) is 5.20. The van der Waals surface area contributed by atoms with Gasteiger partial charge in [-0.3, -0.25) is 9.89 Å². The van der Waals surface area contributed by atoms with E-state index in [1.54, 1.807) is 6.21 Å². The number of rotatable bonds is 3. The van der Waals surface area contributed by atoms with Gasteiger partial charge in [-0.1, -0.05) is 66.7 Å². The van der Waals surface area contributed by atoms with Crippen LogP contribution in [0.15, 0.2) is 71.8 Å². The zero-order valence-corrected chi connectivity index (χ0v) is 15.1. The van der Waals surface area contributed by atoms with Gasteiger partial charge in [0.2, 0.25) is 0 Å². The van der Waals surface area contributed by atoms with Crippen LogP contribution in [0.2, 0.25) is 0 Å². The number of nitrogens with one attached hydrogen (secondary N) is 2. The quantitative estimate of drug-likeness (QED) is 0.423. The third-order valence-electron chi connectivity index (χ3n) is 5.20. The maximum Gasteiger partial charge on any atom is 0.289 e. The molecule has 0 unspecified atom stereocenters. The fourth-order valence-corrected chi connectivity index (χ4v) is 3.83. The molecule has 0 radical (unpaired) electrons. The first-order chi connectivity index (χ1) is 13.8. The van der Waals surface area contributed by atoms with E-state index in [2.05, 4.69) is 45.0 Å². The highest BCUT2D eigenvalue weighted by Gasteiger charge is 2.24. The van der Waals surface area contributed by atoms with E-state index in [1.807, 2.05) is 42.5 Å². The Labute approximate surface area is 162 Å². The van der Waals surface area contributed by atoms with Crippen LogP contribution in [0.1, 0.15) is 27.2 Å². The Balaban J connectivity index is 1.39. The van der Waals surface area contributed by atoms with Gasteiger partial charge in [0.25, 0.3) is 5.91 Å². The summed E-state index contributed by atoms with van der Waals surface area (Å²) >= 11 is 0. The van der Waals surface area contributed by atoms with E-state index in [0.29, 0.717) is 5.69 Å². The number of hydrazone groups is 1. The van der Waals surface area contributed by atoms with Crippen LogP contribution in [0.25, 0.3) is 22.0 Å². The molecular formula is C23H18N4O. The first-order valence-corrected chi connectivity index (χ1v) is 9.28. The topological polar surface area (TPSA) is 70.1 Å². The molecule has 5 rings (SSSR count). The van der Waals surface area contributed by atoms with Gasteiger partial charge in [-0.05, 0) is 29.2 Å². The van der Waals surface area contributed by atoms with Crippen LogP contribution in [0.5, 0.6) is 0 Å². The van der Waals surface area contributed by atoms with Crippen molar-refractivity contribution in [2.24, 2.45) is 5.10 Å². The van der Waals surface area contributed by atoms with Crippen LogP contribution < -0.4 is 5.43 Å². The fraction of sp³-hybridized carbons (Fsp3) is 0.0870. The molecule has 1 aliphatic rings. The lowest BCUT2D eigenvalue weighted by Gasteiger charge is -2.15. The molecule has 1 amide bonds. The van der Waals surface area contributed by atoms with E-state index < -0.39 is 0 Å². The molecule has 4 aromatic rings. The van der Waals surface area contributed by atoms with Crippen molar-refractivity contribution in [3.05, 3.63) is 89.1 Å². The minimum Gasteiger partial charge on any atom is -0.272 e. The molecule has 28 heavy (non-hydrogen) atoms. The molecule has 5 heteroatoms. The van der Waals surface area contributed by atoms with Gasteiger partial charge in [0, 0.05) is 16.7 Å². The number of nitrogens with zero attached hydrogens (tertiary/aromatic N) is 2. The van der Waals surface area contributed by atoms with E-state index in [0.717, 1.165) is 46.0 Å². The molecule has 0 saturated carbocycles. The standard InChI is InChI=1S/C23H18N4O/c28-23(27-24-14-17-9-5-8-15-6-1-3-10-18(15)17)22-20-13-12-16-7-2-4-11-19(16)21(20)25-26-22/h1-11,14H,12-13H2,(H,25,26)(H,27,28)/b24-14-. The highest BCUT2D eigenvalue weighted by Crippen LogP contribution is 2.33. The molecule has 0 spiro atoms. The van der Waals surface area contributed by atoms with E-state index in [4.69, 9.17) is 0 Å². The second-order valence-corrected chi connectivity index (χ2v) is 6.85. The van der Waals surface area contributed by atoms with Crippen molar-refractivity contribution in [3.63, 3.8) is 0 Å². The zero-order chi connectivity index (χ0) is 18.9. The normalized spacial score (nSPS) is 12.7. The van der Waals surface area contributed by atoms with Crippen molar-refractivity contribution in [3.8, 4) is 11.3 Å². The molecular weight excluding hydrogens is 348 g/mol. The largest absolute Gasteiger partial charge is 0.289 e. The van der Waals surface area contributed by atoms with Crippen molar-refractivity contribution in [1.29, 1.82) is 0 Å². The number of H-pyrrole nitrogens is 1. The molecule has 5 nitrogen and oxygen atoms in total. The molecule has 0 aliphatic heterocycles. The van der Waals surface area contributed by atoms with Gasteiger partial charge in [0.1, 0.15) is 5.69 Å². The number of aryl methyl sites for hydroxylation is 1. The van der Waals surface area contributed by atoms with Crippen molar-refractivity contribution in [2.45, 2.75) is 12.8 Å². The molecule has 0 saturated heterocycles. The highest BCUT2D eigenvalue weighted by atomic mass is 16.2. The fourth-order valence-electron chi connectivity index (χ4n) is 3.83. The summed E-state index contributed by atoms with van der Waals surface area (Å²) in [5.41, 5.74) is 8.26. The molecule has 1 heterocycles. The van der Waals surface area contributed by atoms with E-state index in [9.17, 15) is 4.79 Å². The van der Waals surface area contributed by atoms with Crippen molar-refractivity contribution < 1.29 is 4.79 Å². The van der Waals surface area contributed by atoms with Crippen molar-refractivity contribution >= 4 is 22.9 Å². The Kier molecular flexibility index (Phi) is 3.98. The summed E-state index contributed by atoms with van der Waals surface area (Å²) in [6, 6.07) is 22.3. The Hall–Kier alpha value is -3.73. The number of carbonyl (C=O) groups excluding carboxylic acids is 1. The lowest BCUT2D eigenvalue weighted by Crippen LogP contribution is -2.20. The average molecular weight is 366 g/mol. The minimum atomic E-state index is -0.274. The third kappa shape index (κ3) is 2.77. The number of amides is 1. The number of benzene rings is 3. The first kappa shape index (κ1) is 16.4. The summed E-state index contributed by atoms with van der Waals surface area (Å²) in [5, 5.41) is 13.7. The summed E-state index contributed by atoms with van der Waals surface area (Å²) < 4.78 is 0. The smallest absolute Gasteiger partial charge is 0.272 e. The van der Waals surface area contributed by atoms with Crippen LogP contribution in [-0.2, 0) is 12.8 Å². The number of hydrogen-bond acceptors (Lipinski definition) is 3. The predicted octanol–water partition coefficient (Wildman–Crippen LogP) is 4.09. The van der Waals surface area contributed by atoms with E-state index in [-0.39, 0.29) is 5.91 Å². The molecule has 1 aromatic heterocycles. The molecule has 0 bridgehead atoms. The SMILES string of the molecule is O=C(N/N=C\c1cccc2ccccc12)c1[nH]nc2c1CCc1ccccc1-2. The number of fused-ring (bicyclic) bond motifs is 4. The summed E-state index contributed by atoms with van der Waals surface area (Å²) in [6.45, 7) is 0. The highest BCUT2D eigenvalue weighted by molar-refractivity contribution is 6.01. The minimum absolute atomic E-state index is 0.274. The lowest BCUT2D eigenvalue weighted by molar-refractivity contribution is 0.0949. The number of aromatic nitrogens is 2. The molecule has 136 valence electrons. The maximum absolute atomic E-state index is 12.6. The average Bonchev–Trinajstić information content (AvgIpc) is 3.19. The Morgan fingerprint density at radius 3 is 2.79 bits per heavy atom. The summed E-state index contributed by atoms with van der Waals surface area (Å²) in [5.74, 6) is -0.274. The summed E-state index contributed by atoms with van der Waals surface area (Å²) in [7, 11) is 0. The van der Waals surface area contributed by atoms with Gasteiger partial charge in [-0.25, -0.2) is 5.43 Å². The Morgan fingerprint density at radius 1 is 1.00 bits per heavy atom. The van der Waals surface area contributed by atoms with E-state index >= 15 is 0 Å². The molecule has 2 N–H and O–H groups in total. The van der Waals surface area contributed by atoms with Crippen molar-refractivity contribution in [1.82, 2.24) is 15.6 Å². The van der Waals surface area contributed by atoms with Crippen molar-refractivity contribution in [2.75, 3.05) is 0 Å². The summed E-state index contributed by atoms with van der Waals surface area (Å²) in [6.07, 6.45) is 3.37. The lowest BCUT2D eigenvalue weighted by atomic mass is 9.89. The second-order valence-electron chi connectivity index (χ2n) is 6.85. The molecule has 1 aliphatic carbocycles. The van der Waals surface area contributed by atoms with Crippen LogP contribution >= 0.6 is 0 Å². The van der Waals surface area contributed by atoms with E-state index in [1.165, 1.54) is 5.56 Å². The molecule has 3 aromatic carbocycles. The van der Waals surface area contributed by atoms with Crippen LogP contribution in [-0.4, -0.2) is 22.3 Å². The van der Waals surface area contributed by atoms with Gasteiger partial charge in [-0.2, -0.15) is 10.2 Å². The zero-order valence-electron chi connectivity index (χ0n) is 15.1.